The Kier molecular flexibility index (Phi) is 12.9. The largest absolute Gasteiger partial charge is 0.466 e. The molecule has 1 aromatic carbocycles. The maximum absolute atomic E-state index is 11.6. The minimum Gasteiger partial charge on any atom is -0.466 e. The van der Waals surface area contributed by atoms with E-state index in [0.29, 0.717) is 19.6 Å². The van der Waals surface area contributed by atoms with Gasteiger partial charge in [-0.05, 0) is 24.8 Å². The molecule has 1 rings (SSSR count). The van der Waals surface area contributed by atoms with Crippen LogP contribution in [0.25, 0.3) is 0 Å². The second-order valence-corrected chi connectivity index (χ2v) is 6.43. The summed E-state index contributed by atoms with van der Waals surface area (Å²) in [5.41, 5.74) is 0.964. The highest BCUT2D eigenvalue weighted by atomic mass is 16.5. The summed E-state index contributed by atoms with van der Waals surface area (Å²) in [5.74, 6) is -0.115. The Morgan fingerprint density at radius 2 is 1.62 bits per heavy atom. The lowest BCUT2D eigenvalue weighted by atomic mass is 10.2. The fourth-order valence-electron chi connectivity index (χ4n) is 2.50. The monoisotopic (exact) mass is 363 g/mol. The average molecular weight is 363 g/mol. The van der Waals surface area contributed by atoms with Crippen LogP contribution in [0.2, 0.25) is 0 Å². The van der Waals surface area contributed by atoms with Gasteiger partial charge < -0.3 is 14.8 Å². The Hall–Kier alpha value is -2.04. The number of nitrogens with one attached hydrogen (secondary N) is 1. The molecule has 0 saturated heterocycles. The lowest BCUT2D eigenvalue weighted by molar-refractivity contribution is -0.143. The summed E-state index contributed by atoms with van der Waals surface area (Å²) in [6.45, 7) is 3.55. The number of alkyl carbamates (subject to hydrolysis) is 1. The van der Waals surface area contributed by atoms with Crippen LogP contribution in [-0.2, 0) is 20.9 Å². The second kappa shape index (κ2) is 15.2. The van der Waals surface area contributed by atoms with E-state index in [2.05, 4.69) is 12.2 Å². The third-order valence-electron chi connectivity index (χ3n) is 4.05. The number of benzene rings is 1. The molecule has 0 saturated carbocycles. The van der Waals surface area contributed by atoms with E-state index in [1.54, 1.807) is 0 Å². The van der Waals surface area contributed by atoms with Crippen LogP contribution in [0.4, 0.5) is 4.79 Å². The highest BCUT2D eigenvalue weighted by Crippen LogP contribution is 2.05. The topological polar surface area (TPSA) is 64.6 Å². The molecule has 1 N–H and O–H groups in total. The maximum atomic E-state index is 11.6. The molecule has 0 fully saturated rings. The first-order valence-corrected chi connectivity index (χ1v) is 9.82. The number of esters is 1. The zero-order chi connectivity index (χ0) is 18.9. The van der Waals surface area contributed by atoms with Gasteiger partial charge in [0.15, 0.2) is 0 Å². The number of amides is 1. The zero-order valence-electron chi connectivity index (χ0n) is 16.0. The molecule has 5 heteroatoms. The summed E-state index contributed by atoms with van der Waals surface area (Å²) >= 11 is 0. The van der Waals surface area contributed by atoms with Gasteiger partial charge in [-0.1, -0.05) is 69.4 Å². The van der Waals surface area contributed by atoms with Gasteiger partial charge in [-0.15, -0.1) is 0 Å². The van der Waals surface area contributed by atoms with E-state index in [9.17, 15) is 9.59 Å². The van der Waals surface area contributed by atoms with Crippen LogP contribution in [-0.4, -0.2) is 25.2 Å². The third-order valence-corrected chi connectivity index (χ3v) is 4.05. The Balaban J connectivity index is 1.89. The van der Waals surface area contributed by atoms with Gasteiger partial charge in [-0.2, -0.15) is 0 Å². The van der Waals surface area contributed by atoms with Gasteiger partial charge in [-0.3, -0.25) is 4.79 Å². The van der Waals surface area contributed by atoms with E-state index >= 15 is 0 Å². The van der Waals surface area contributed by atoms with Gasteiger partial charge in [0.1, 0.15) is 6.61 Å². The van der Waals surface area contributed by atoms with Crippen LogP contribution in [0, 0.1) is 0 Å². The van der Waals surface area contributed by atoms with E-state index < -0.39 is 6.09 Å². The van der Waals surface area contributed by atoms with Gasteiger partial charge in [0, 0.05) is 13.0 Å². The standard InChI is InChI=1S/C21H33NO4/c1-2-3-4-5-12-17-25-20(23)15-10-7-11-16-22-21(24)26-18-19-13-8-6-9-14-19/h6,8-9,13-14H,2-5,7,10-12,15-18H2,1H3,(H,22,24). The average Bonchev–Trinajstić information content (AvgIpc) is 2.66. The summed E-state index contributed by atoms with van der Waals surface area (Å²) in [5, 5.41) is 2.72. The molecule has 0 aromatic heterocycles. The van der Waals surface area contributed by atoms with Crippen molar-refractivity contribution in [3.63, 3.8) is 0 Å². The minimum atomic E-state index is -0.406. The van der Waals surface area contributed by atoms with Gasteiger partial charge in [-0.25, -0.2) is 4.79 Å². The number of rotatable bonds is 14. The lowest BCUT2D eigenvalue weighted by Crippen LogP contribution is -2.25. The fourth-order valence-corrected chi connectivity index (χ4v) is 2.50. The van der Waals surface area contributed by atoms with Crippen LogP contribution >= 0.6 is 0 Å². The number of ether oxygens (including phenoxy) is 2. The number of hydrogen-bond donors (Lipinski definition) is 1. The van der Waals surface area contributed by atoms with Crippen molar-refractivity contribution in [2.45, 2.75) is 71.3 Å². The smallest absolute Gasteiger partial charge is 0.407 e. The van der Waals surface area contributed by atoms with Crippen LogP contribution in [0.1, 0.15) is 70.3 Å². The Bertz CT molecular complexity index is 490. The van der Waals surface area contributed by atoms with Crippen LogP contribution in [0.3, 0.4) is 0 Å². The van der Waals surface area contributed by atoms with E-state index in [1.165, 1.54) is 19.3 Å². The maximum Gasteiger partial charge on any atom is 0.407 e. The molecule has 1 aromatic rings. The lowest BCUT2D eigenvalue weighted by Gasteiger charge is -2.07. The molecule has 0 aliphatic carbocycles. The normalized spacial score (nSPS) is 10.3. The van der Waals surface area contributed by atoms with E-state index in [4.69, 9.17) is 9.47 Å². The third kappa shape index (κ3) is 12.3. The van der Waals surface area contributed by atoms with Gasteiger partial charge in [0.2, 0.25) is 0 Å². The summed E-state index contributed by atoms with van der Waals surface area (Å²) in [6, 6.07) is 9.57. The van der Waals surface area contributed by atoms with Gasteiger partial charge in [0.25, 0.3) is 0 Å². The molecule has 0 spiro atoms. The fraction of sp³-hybridized carbons (Fsp3) is 0.619. The van der Waals surface area contributed by atoms with Crippen LogP contribution in [0.15, 0.2) is 30.3 Å². The Morgan fingerprint density at radius 3 is 2.38 bits per heavy atom. The summed E-state index contributed by atoms with van der Waals surface area (Å²) in [6.07, 6.45) is 8.32. The molecule has 1 amide bonds. The van der Waals surface area contributed by atoms with E-state index in [-0.39, 0.29) is 12.6 Å². The minimum absolute atomic E-state index is 0.115. The molecule has 5 nitrogen and oxygen atoms in total. The van der Waals surface area contributed by atoms with Crippen molar-refractivity contribution in [1.29, 1.82) is 0 Å². The first-order chi connectivity index (χ1) is 12.7. The number of carbonyl (C=O) groups is 2. The quantitative estimate of drug-likeness (QED) is 0.374. The van der Waals surface area contributed by atoms with Crippen LogP contribution < -0.4 is 5.32 Å². The molecule has 0 heterocycles. The molecule has 0 aliphatic heterocycles. The number of hydrogen-bond acceptors (Lipinski definition) is 4. The molecular weight excluding hydrogens is 330 g/mol. The zero-order valence-corrected chi connectivity index (χ0v) is 16.0. The molecule has 0 bridgehead atoms. The second-order valence-electron chi connectivity index (χ2n) is 6.43. The van der Waals surface area contributed by atoms with E-state index in [0.717, 1.165) is 37.7 Å². The van der Waals surface area contributed by atoms with Crippen LogP contribution in [0.5, 0.6) is 0 Å². The molecule has 26 heavy (non-hydrogen) atoms. The van der Waals surface area contributed by atoms with E-state index in [1.807, 2.05) is 30.3 Å². The number of unbranched alkanes of at least 4 members (excludes halogenated alkanes) is 6. The Morgan fingerprint density at radius 1 is 0.885 bits per heavy atom. The SMILES string of the molecule is CCCCCCCOC(=O)CCCCCNC(=O)OCc1ccccc1. The summed E-state index contributed by atoms with van der Waals surface area (Å²) in [4.78, 5) is 23.1. The molecule has 0 radical (unpaired) electrons. The highest BCUT2D eigenvalue weighted by Gasteiger charge is 2.04. The molecule has 0 aliphatic rings. The Labute approximate surface area is 157 Å². The molecule has 0 unspecified atom stereocenters. The van der Waals surface area contributed by atoms with Crippen molar-refractivity contribution in [2.24, 2.45) is 0 Å². The van der Waals surface area contributed by atoms with Crippen molar-refractivity contribution in [2.75, 3.05) is 13.2 Å². The van der Waals surface area contributed by atoms with Crippen molar-refractivity contribution < 1.29 is 19.1 Å². The van der Waals surface area contributed by atoms with Gasteiger partial charge in [0.05, 0.1) is 6.61 Å². The number of carbonyl (C=O) groups excluding carboxylic acids is 2. The summed E-state index contributed by atoms with van der Waals surface area (Å²) in [7, 11) is 0. The molecule has 0 atom stereocenters. The van der Waals surface area contributed by atoms with Crippen molar-refractivity contribution in [3.05, 3.63) is 35.9 Å². The first-order valence-electron chi connectivity index (χ1n) is 9.82. The summed E-state index contributed by atoms with van der Waals surface area (Å²) < 4.78 is 10.3. The van der Waals surface area contributed by atoms with Crippen molar-refractivity contribution in [1.82, 2.24) is 5.32 Å². The predicted octanol–water partition coefficient (Wildman–Crippen LogP) is 4.99. The molecule has 146 valence electrons. The highest BCUT2D eigenvalue weighted by molar-refractivity contribution is 5.69. The van der Waals surface area contributed by atoms with Crippen molar-refractivity contribution >= 4 is 12.1 Å². The first kappa shape index (κ1) is 22.0. The predicted molar refractivity (Wildman–Crippen MR) is 103 cm³/mol. The molecular formula is C21H33NO4. The van der Waals surface area contributed by atoms with Gasteiger partial charge >= 0.3 is 12.1 Å². The van der Waals surface area contributed by atoms with Crippen molar-refractivity contribution in [3.8, 4) is 0 Å².